The molecule has 3 amide bonds. The molecule has 6 nitrogen and oxygen atoms in total. The number of carbonyl (C=O) groups is 3. The third kappa shape index (κ3) is 3.56. The molecule has 2 aromatic rings. The van der Waals surface area contributed by atoms with Crippen LogP contribution in [0.15, 0.2) is 36.4 Å². The molecule has 1 aliphatic rings. The maximum absolute atomic E-state index is 12.7. The van der Waals surface area contributed by atoms with Gasteiger partial charge in [0.15, 0.2) is 0 Å². The largest absolute Gasteiger partial charge is 0.380 e. The number of para-hydroxylation sites is 1. The molecular formula is C19H16Cl2N2O4. The van der Waals surface area contributed by atoms with Gasteiger partial charge >= 0.3 is 0 Å². The van der Waals surface area contributed by atoms with Gasteiger partial charge in [0.05, 0.1) is 27.8 Å². The van der Waals surface area contributed by atoms with Crippen LogP contribution < -0.4 is 5.32 Å². The monoisotopic (exact) mass is 406 g/mol. The Kier molecular flexibility index (Phi) is 5.51. The van der Waals surface area contributed by atoms with E-state index in [0.717, 1.165) is 10.5 Å². The van der Waals surface area contributed by atoms with Crippen molar-refractivity contribution >= 4 is 46.6 Å². The summed E-state index contributed by atoms with van der Waals surface area (Å²) in [5.74, 6) is -1.66. The third-order valence-electron chi connectivity index (χ3n) is 4.30. The Balaban J connectivity index is 1.84. The van der Waals surface area contributed by atoms with Crippen molar-refractivity contribution in [3.05, 3.63) is 63.1 Å². The smallest absolute Gasteiger partial charge is 0.262 e. The molecule has 3 rings (SSSR count). The number of carbonyl (C=O) groups excluding carboxylic acids is 3. The number of nitrogens with zero attached hydrogens (tertiary/aromatic N) is 1. The number of amides is 3. The molecule has 0 bridgehead atoms. The van der Waals surface area contributed by atoms with E-state index in [1.54, 1.807) is 19.2 Å². The topological polar surface area (TPSA) is 75.7 Å². The predicted molar refractivity (Wildman–Crippen MR) is 102 cm³/mol. The Morgan fingerprint density at radius 1 is 1.11 bits per heavy atom. The SMILES string of the molecule is COCc1ccccc1NC(=O)[C@@H](C)N1C(=O)c2cc(Cl)c(Cl)cc2C1=O. The van der Waals surface area contributed by atoms with Gasteiger partial charge < -0.3 is 10.1 Å². The second-order valence-electron chi connectivity index (χ2n) is 6.05. The van der Waals surface area contributed by atoms with Gasteiger partial charge in [-0.3, -0.25) is 19.3 Å². The first-order chi connectivity index (χ1) is 12.8. The minimum absolute atomic E-state index is 0.133. The van der Waals surface area contributed by atoms with Crippen molar-refractivity contribution < 1.29 is 19.1 Å². The average Bonchev–Trinajstić information content (AvgIpc) is 2.87. The van der Waals surface area contributed by atoms with E-state index >= 15 is 0 Å². The lowest BCUT2D eigenvalue weighted by Crippen LogP contribution is -2.45. The van der Waals surface area contributed by atoms with Crippen LogP contribution >= 0.6 is 23.2 Å². The van der Waals surface area contributed by atoms with E-state index in [1.165, 1.54) is 19.1 Å². The van der Waals surface area contributed by atoms with E-state index in [4.69, 9.17) is 27.9 Å². The van der Waals surface area contributed by atoms with E-state index in [2.05, 4.69) is 5.32 Å². The fourth-order valence-corrected chi connectivity index (χ4v) is 3.21. The number of benzene rings is 2. The summed E-state index contributed by atoms with van der Waals surface area (Å²) >= 11 is 11.9. The molecule has 140 valence electrons. The first-order valence-electron chi connectivity index (χ1n) is 8.09. The molecule has 1 atom stereocenters. The second-order valence-corrected chi connectivity index (χ2v) is 6.86. The number of methoxy groups -OCH3 is 1. The summed E-state index contributed by atoms with van der Waals surface area (Å²) in [7, 11) is 1.55. The van der Waals surface area contributed by atoms with E-state index in [0.29, 0.717) is 12.3 Å². The summed E-state index contributed by atoms with van der Waals surface area (Å²) in [6.07, 6.45) is 0. The highest BCUT2D eigenvalue weighted by atomic mass is 35.5. The number of rotatable bonds is 5. The number of hydrogen-bond donors (Lipinski definition) is 1. The lowest BCUT2D eigenvalue weighted by atomic mass is 10.1. The summed E-state index contributed by atoms with van der Waals surface area (Å²) in [4.78, 5) is 38.9. The van der Waals surface area contributed by atoms with Crippen molar-refractivity contribution in [3.63, 3.8) is 0 Å². The molecule has 0 aliphatic carbocycles. The highest BCUT2D eigenvalue weighted by molar-refractivity contribution is 6.43. The number of ether oxygens (including phenoxy) is 1. The zero-order valence-electron chi connectivity index (χ0n) is 14.6. The lowest BCUT2D eigenvalue weighted by molar-refractivity contribution is -0.119. The van der Waals surface area contributed by atoms with Gasteiger partial charge in [0.1, 0.15) is 6.04 Å². The van der Waals surface area contributed by atoms with Crippen LogP contribution in [0.25, 0.3) is 0 Å². The summed E-state index contributed by atoms with van der Waals surface area (Å²) < 4.78 is 5.11. The maximum Gasteiger partial charge on any atom is 0.262 e. The molecule has 0 saturated carbocycles. The van der Waals surface area contributed by atoms with Crippen LogP contribution in [0, 0.1) is 0 Å². The molecule has 27 heavy (non-hydrogen) atoms. The fourth-order valence-electron chi connectivity index (χ4n) is 2.88. The summed E-state index contributed by atoms with van der Waals surface area (Å²) in [6, 6.07) is 8.80. The van der Waals surface area contributed by atoms with Crippen LogP contribution in [0.4, 0.5) is 5.69 Å². The fraction of sp³-hybridized carbons (Fsp3) is 0.211. The minimum Gasteiger partial charge on any atom is -0.380 e. The van der Waals surface area contributed by atoms with E-state index < -0.39 is 23.8 Å². The summed E-state index contributed by atoms with van der Waals surface area (Å²) in [6.45, 7) is 1.80. The molecule has 1 aliphatic heterocycles. The van der Waals surface area contributed by atoms with Crippen LogP contribution in [0.1, 0.15) is 33.2 Å². The van der Waals surface area contributed by atoms with Gasteiger partial charge in [0, 0.05) is 18.4 Å². The van der Waals surface area contributed by atoms with Gasteiger partial charge in [-0.25, -0.2) is 0 Å². The van der Waals surface area contributed by atoms with Crippen molar-refractivity contribution in [3.8, 4) is 0 Å². The van der Waals surface area contributed by atoms with Crippen LogP contribution in [0.3, 0.4) is 0 Å². The van der Waals surface area contributed by atoms with Crippen molar-refractivity contribution in [2.45, 2.75) is 19.6 Å². The van der Waals surface area contributed by atoms with Gasteiger partial charge in [-0.2, -0.15) is 0 Å². The van der Waals surface area contributed by atoms with Crippen molar-refractivity contribution in [2.75, 3.05) is 12.4 Å². The van der Waals surface area contributed by atoms with Crippen molar-refractivity contribution in [2.24, 2.45) is 0 Å². The number of anilines is 1. The maximum atomic E-state index is 12.7. The molecule has 0 spiro atoms. The van der Waals surface area contributed by atoms with Gasteiger partial charge in [0.25, 0.3) is 11.8 Å². The average molecular weight is 407 g/mol. The molecule has 0 fully saturated rings. The van der Waals surface area contributed by atoms with Gasteiger partial charge in [-0.05, 0) is 25.1 Å². The van der Waals surface area contributed by atoms with Crippen LogP contribution in [-0.4, -0.2) is 35.8 Å². The van der Waals surface area contributed by atoms with Crippen LogP contribution in [0.5, 0.6) is 0 Å². The predicted octanol–water partition coefficient (Wildman–Crippen LogP) is 3.76. The quantitative estimate of drug-likeness (QED) is 0.766. The number of nitrogens with one attached hydrogen (secondary N) is 1. The van der Waals surface area contributed by atoms with Crippen molar-refractivity contribution in [1.29, 1.82) is 0 Å². The molecule has 2 aromatic carbocycles. The highest BCUT2D eigenvalue weighted by Gasteiger charge is 2.41. The molecule has 0 aromatic heterocycles. The lowest BCUT2D eigenvalue weighted by Gasteiger charge is -2.22. The van der Waals surface area contributed by atoms with Crippen LogP contribution in [-0.2, 0) is 16.1 Å². The molecule has 0 radical (unpaired) electrons. The number of fused-ring (bicyclic) bond motifs is 1. The summed E-state index contributed by atoms with van der Waals surface area (Å²) in [5, 5.41) is 3.09. The Morgan fingerprint density at radius 2 is 1.67 bits per heavy atom. The number of hydrogen-bond acceptors (Lipinski definition) is 4. The van der Waals surface area contributed by atoms with E-state index in [9.17, 15) is 14.4 Å². The molecule has 0 unspecified atom stereocenters. The minimum atomic E-state index is -1.02. The molecule has 0 saturated heterocycles. The number of imide groups is 1. The first-order valence-corrected chi connectivity index (χ1v) is 8.85. The number of halogens is 2. The highest BCUT2D eigenvalue weighted by Crippen LogP contribution is 2.32. The third-order valence-corrected chi connectivity index (χ3v) is 5.02. The first kappa shape index (κ1) is 19.4. The summed E-state index contributed by atoms with van der Waals surface area (Å²) in [5.41, 5.74) is 1.60. The molecular weight excluding hydrogens is 391 g/mol. The van der Waals surface area contributed by atoms with Gasteiger partial charge in [-0.1, -0.05) is 41.4 Å². The Bertz CT molecular complexity index is 904. The van der Waals surface area contributed by atoms with Crippen molar-refractivity contribution in [1.82, 2.24) is 4.90 Å². The van der Waals surface area contributed by atoms with E-state index in [-0.39, 0.29) is 21.2 Å². The molecule has 1 heterocycles. The Labute approximate surface area is 166 Å². The molecule has 8 heteroatoms. The standard InChI is InChI=1S/C19H16Cl2N2O4/c1-10(17(24)22-16-6-4-3-5-11(16)9-27-2)23-18(25)12-7-14(20)15(21)8-13(12)19(23)26/h3-8,10H,9H2,1-2H3,(H,22,24)/t10-/m1/s1. The van der Waals surface area contributed by atoms with Gasteiger partial charge in [0.2, 0.25) is 5.91 Å². The van der Waals surface area contributed by atoms with Gasteiger partial charge in [-0.15, -0.1) is 0 Å². The normalized spacial score (nSPS) is 14.3. The van der Waals surface area contributed by atoms with E-state index in [1.807, 2.05) is 12.1 Å². The van der Waals surface area contributed by atoms with Crippen LogP contribution in [0.2, 0.25) is 10.0 Å². The second kappa shape index (κ2) is 7.68. The zero-order valence-corrected chi connectivity index (χ0v) is 16.1. The Morgan fingerprint density at radius 3 is 2.22 bits per heavy atom. The zero-order chi connectivity index (χ0) is 19.7. The Hall–Kier alpha value is -2.41. The molecule has 1 N–H and O–H groups in total.